The molecule has 0 radical (unpaired) electrons. The second-order valence-electron chi connectivity index (χ2n) is 15.5. The Hall–Kier alpha value is -5.64. The zero-order chi connectivity index (χ0) is 42.0. The van der Waals surface area contributed by atoms with E-state index in [1.54, 1.807) is 41.1 Å². The van der Waals surface area contributed by atoms with Gasteiger partial charge in [0.05, 0.1) is 54.8 Å². The number of aromatic amines is 1. The summed E-state index contributed by atoms with van der Waals surface area (Å²) in [6.07, 6.45) is 5.81. The van der Waals surface area contributed by atoms with Gasteiger partial charge in [0.25, 0.3) is 0 Å². The van der Waals surface area contributed by atoms with Crippen LogP contribution in [0.4, 0.5) is 9.59 Å². The van der Waals surface area contributed by atoms with Gasteiger partial charge in [-0.25, -0.2) is 14.6 Å². The van der Waals surface area contributed by atoms with Crippen LogP contribution in [-0.4, -0.2) is 100.0 Å². The smallest absolute Gasteiger partial charge is 0.407 e. The van der Waals surface area contributed by atoms with Crippen LogP contribution in [0.5, 0.6) is 0 Å². The molecule has 0 unspecified atom stereocenters. The summed E-state index contributed by atoms with van der Waals surface area (Å²) in [7, 11) is 2.56. The lowest BCUT2D eigenvalue weighted by atomic mass is 9.95. The van der Waals surface area contributed by atoms with Crippen LogP contribution in [0.25, 0.3) is 38.8 Å². The second kappa shape index (κ2) is 17.7. The molecular weight excluding hydrogens is 775 g/mol. The summed E-state index contributed by atoms with van der Waals surface area (Å²) in [5.41, 5.74) is 4.87. The third-order valence-corrected chi connectivity index (χ3v) is 13.0. The van der Waals surface area contributed by atoms with Crippen LogP contribution in [0.1, 0.15) is 77.2 Å². The van der Waals surface area contributed by atoms with Gasteiger partial charge in [-0.3, -0.25) is 19.4 Å². The molecule has 312 valence electrons. The molecule has 2 aromatic carbocycles. The van der Waals surface area contributed by atoms with Crippen LogP contribution in [0, 0.1) is 11.8 Å². The van der Waals surface area contributed by atoms with Crippen molar-refractivity contribution >= 4 is 69.0 Å². The number of hydrogen-bond donors (Lipinski definition) is 3. The normalized spacial score (nSPS) is 19.9. The highest BCUT2D eigenvalue weighted by Gasteiger charge is 2.40. The summed E-state index contributed by atoms with van der Waals surface area (Å²) in [5.74, 6) is 1.21. The number of carbonyl (C=O) groups is 4. The minimum Gasteiger partial charge on any atom is -0.456 e. The van der Waals surface area contributed by atoms with Crippen molar-refractivity contribution in [3.63, 3.8) is 0 Å². The number of amides is 4. The van der Waals surface area contributed by atoms with Gasteiger partial charge in [0, 0.05) is 36.2 Å². The minimum absolute atomic E-state index is 0.0751. The molecule has 4 aromatic rings. The van der Waals surface area contributed by atoms with Gasteiger partial charge in [-0.2, -0.15) is 0 Å². The first-order valence-electron chi connectivity index (χ1n) is 20.2. The quantitative estimate of drug-likeness (QED) is 0.131. The molecule has 59 heavy (non-hydrogen) atoms. The number of H-pyrrole nitrogens is 1. The fourth-order valence-corrected chi connectivity index (χ4v) is 9.23. The van der Waals surface area contributed by atoms with E-state index in [1.165, 1.54) is 14.2 Å². The highest BCUT2D eigenvalue weighted by Crippen LogP contribution is 2.36. The van der Waals surface area contributed by atoms with Gasteiger partial charge in [0.1, 0.15) is 29.1 Å². The fourth-order valence-electron chi connectivity index (χ4n) is 8.06. The maximum Gasteiger partial charge on any atom is 0.407 e. The van der Waals surface area contributed by atoms with Crippen LogP contribution in [0.15, 0.2) is 63.0 Å². The van der Waals surface area contributed by atoms with Gasteiger partial charge >= 0.3 is 12.2 Å². The van der Waals surface area contributed by atoms with E-state index in [2.05, 4.69) is 20.6 Å². The Bertz CT molecular complexity index is 2390. The van der Waals surface area contributed by atoms with E-state index in [4.69, 9.17) is 18.9 Å². The van der Waals surface area contributed by atoms with E-state index in [0.29, 0.717) is 70.9 Å². The third kappa shape index (κ3) is 8.32. The number of imidazole rings is 1. The van der Waals surface area contributed by atoms with Gasteiger partial charge in [-0.05, 0) is 66.1 Å². The lowest BCUT2D eigenvalue weighted by Gasteiger charge is -2.31. The van der Waals surface area contributed by atoms with Crippen LogP contribution in [-0.2, 0) is 19.1 Å². The number of rotatable bonds is 12. The number of carbonyl (C=O) groups excluding carboxylic acids is 4. The monoisotopic (exact) mass is 825 g/mol. The molecule has 7 rings (SSSR count). The Labute approximate surface area is 346 Å². The molecule has 3 aliphatic heterocycles. The van der Waals surface area contributed by atoms with Crippen molar-refractivity contribution in [3.8, 4) is 11.3 Å². The maximum atomic E-state index is 13.9. The zero-order valence-electron chi connectivity index (χ0n) is 34.2. The van der Waals surface area contributed by atoms with Crippen molar-refractivity contribution in [1.29, 1.82) is 0 Å². The molecule has 15 nitrogen and oxygen atoms in total. The Balaban J connectivity index is 1.07. The molecule has 2 fully saturated rings. The number of aliphatic imine (C=N–C) groups is 1. The average Bonchev–Trinajstić information content (AvgIpc) is 4.10. The molecular formula is C43H51N7O8S. The van der Waals surface area contributed by atoms with Crippen LogP contribution in [0.2, 0.25) is 0 Å². The maximum absolute atomic E-state index is 13.9. The van der Waals surface area contributed by atoms with Crippen molar-refractivity contribution in [2.75, 3.05) is 32.4 Å². The number of nitrogens with one attached hydrogen (secondary N) is 3. The molecule has 5 heterocycles. The molecule has 0 aliphatic carbocycles. The highest BCUT2D eigenvalue weighted by molar-refractivity contribution is 7.99. The number of hydrogen-bond acceptors (Lipinski definition) is 11. The number of alkyl carbamates (subject to hydrolysis) is 2. The molecule has 3 N–H and O–H groups in total. The van der Waals surface area contributed by atoms with Crippen LogP contribution >= 0.6 is 11.8 Å². The summed E-state index contributed by atoms with van der Waals surface area (Å²) < 4.78 is 15.9. The Kier molecular flexibility index (Phi) is 12.4. The molecule has 0 spiro atoms. The van der Waals surface area contributed by atoms with Gasteiger partial charge in [-0.1, -0.05) is 46.6 Å². The Morgan fingerprint density at radius 3 is 2.25 bits per heavy atom. The van der Waals surface area contributed by atoms with E-state index < -0.39 is 24.3 Å². The van der Waals surface area contributed by atoms with E-state index in [1.807, 2.05) is 57.0 Å². The van der Waals surface area contributed by atoms with E-state index in [9.17, 15) is 24.0 Å². The first kappa shape index (κ1) is 41.5. The molecule has 0 bridgehead atoms. The fraction of sp³-hybridized carbons (Fsp3) is 0.465. The zero-order valence-corrected chi connectivity index (χ0v) is 35.0. The van der Waals surface area contributed by atoms with Crippen molar-refractivity contribution in [1.82, 2.24) is 30.4 Å². The van der Waals surface area contributed by atoms with E-state index in [0.717, 1.165) is 35.3 Å². The molecule has 2 aromatic heterocycles. The highest BCUT2D eigenvalue weighted by atomic mass is 32.2. The summed E-state index contributed by atoms with van der Waals surface area (Å²) in [6, 6.07) is 9.04. The predicted octanol–water partition coefficient (Wildman–Crippen LogP) is 6.63. The molecule has 3 aliphatic rings. The molecule has 2 saturated heterocycles. The number of aromatic nitrogens is 2. The third-order valence-electron chi connectivity index (χ3n) is 12.0. The topological polar surface area (TPSA) is 189 Å². The lowest BCUT2D eigenvalue weighted by molar-refractivity contribution is -0.135. The van der Waals surface area contributed by atoms with Crippen LogP contribution in [0.3, 0.4) is 0 Å². The molecule has 16 heteroatoms. The van der Waals surface area contributed by atoms with Crippen molar-refractivity contribution in [3.05, 3.63) is 70.4 Å². The summed E-state index contributed by atoms with van der Waals surface area (Å²) in [5, 5.41) is 6.33. The van der Waals surface area contributed by atoms with E-state index >= 15 is 0 Å². The molecule has 0 saturated carbocycles. The Morgan fingerprint density at radius 1 is 0.898 bits per heavy atom. The SMILES string of the molecule is CC[C@H](C)[C@H](NC(=O)OC)C(=O)N1CCC[C@H]1C1=NC=C(c2ccc3c(=O)c4cc(-c5cnc([C@@H]6CSCN6C(=O)[C@@H](NC(=O)OC)[C@@H](C)CC)[nH]5)ccc4oc3c2)C1. The summed E-state index contributed by atoms with van der Waals surface area (Å²) in [4.78, 5) is 82.1. The van der Waals surface area contributed by atoms with Crippen molar-refractivity contribution < 1.29 is 33.1 Å². The number of likely N-dealkylation sites (tertiary alicyclic amines) is 1. The first-order valence-corrected chi connectivity index (χ1v) is 21.3. The number of nitrogens with zero attached hydrogens (tertiary/aromatic N) is 4. The average molecular weight is 826 g/mol. The van der Waals surface area contributed by atoms with Gasteiger partial charge in [0.15, 0.2) is 0 Å². The first-order chi connectivity index (χ1) is 28.5. The van der Waals surface area contributed by atoms with Crippen molar-refractivity contribution in [2.45, 2.75) is 84.0 Å². The van der Waals surface area contributed by atoms with Gasteiger partial charge < -0.3 is 39.3 Å². The summed E-state index contributed by atoms with van der Waals surface area (Å²) >= 11 is 1.61. The standard InChI is InChI=1S/C43H51N7O8S/c1-7-23(3)36(47-42(54)56-5)40(52)49-15-9-10-32(49)30-17-27(19-44-30)25-11-13-28-35(18-25)58-34-14-12-26(16-29(34)38(28)51)31-20-45-39(46-31)33-21-59-22-50(33)41(53)37(24(4)8-2)48-43(55)57-6/h11-14,16,18-20,23-24,32-33,36-37H,7-10,15,17,21-22H2,1-6H3,(H,45,46)(H,47,54)(H,48,55)/t23-,24-,32-,33-,36-,37-/m0/s1. The predicted molar refractivity (Wildman–Crippen MR) is 227 cm³/mol. The number of allylic oxidation sites excluding steroid dienone is 1. The number of thioether (sulfide) groups is 1. The van der Waals surface area contributed by atoms with Gasteiger partial charge in [-0.15, -0.1) is 11.8 Å². The minimum atomic E-state index is -0.735. The van der Waals surface area contributed by atoms with Gasteiger partial charge in [0.2, 0.25) is 17.2 Å². The van der Waals surface area contributed by atoms with E-state index in [-0.39, 0.29) is 41.2 Å². The summed E-state index contributed by atoms with van der Waals surface area (Å²) in [6.45, 7) is 8.41. The number of methoxy groups -OCH3 is 2. The number of fused-ring (bicyclic) bond motifs is 2. The molecule has 4 amide bonds. The number of benzene rings is 2. The largest absolute Gasteiger partial charge is 0.456 e. The molecule has 6 atom stereocenters. The Morgan fingerprint density at radius 2 is 1.58 bits per heavy atom. The van der Waals surface area contributed by atoms with Crippen LogP contribution < -0.4 is 16.1 Å². The second-order valence-corrected chi connectivity index (χ2v) is 16.5. The number of ether oxygens (including phenoxy) is 2. The van der Waals surface area contributed by atoms with Crippen molar-refractivity contribution in [2.24, 2.45) is 16.8 Å². The lowest BCUT2D eigenvalue weighted by Crippen LogP contribution is -2.54.